The van der Waals surface area contributed by atoms with Crippen molar-refractivity contribution in [2.75, 3.05) is 10.6 Å². The number of halogens is 3. The number of anilines is 3. The molecule has 3 aromatic carbocycles. The highest BCUT2D eigenvalue weighted by Gasteiger charge is 2.30. The fraction of sp³-hybridized carbons (Fsp3) is 0.0714. The summed E-state index contributed by atoms with van der Waals surface area (Å²) in [5.74, 6) is 0.0236. The Balaban J connectivity index is 1.25. The molecule has 7 nitrogen and oxygen atoms in total. The van der Waals surface area contributed by atoms with Crippen LogP contribution in [0.3, 0.4) is 0 Å². The molecule has 5 rings (SSSR count). The zero-order valence-corrected chi connectivity index (χ0v) is 19.7. The smallest absolute Gasteiger partial charge is 0.326 e. The molecule has 10 heteroatoms. The third-order valence-electron chi connectivity index (χ3n) is 5.77. The van der Waals surface area contributed by atoms with E-state index in [2.05, 4.69) is 26.8 Å². The van der Waals surface area contributed by atoms with Crippen molar-refractivity contribution in [2.45, 2.75) is 12.6 Å². The Morgan fingerprint density at radius 2 is 1.63 bits per heavy atom. The summed E-state index contributed by atoms with van der Waals surface area (Å²) in [6, 6.07) is 24.6. The lowest BCUT2D eigenvalue weighted by molar-refractivity contribution is -0.137. The van der Waals surface area contributed by atoms with E-state index >= 15 is 0 Å². The van der Waals surface area contributed by atoms with Gasteiger partial charge >= 0.3 is 6.18 Å². The lowest BCUT2D eigenvalue weighted by Crippen LogP contribution is -2.14. The van der Waals surface area contributed by atoms with Crippen LogP contribution >= 0.6 is 0 Å². The van der Waals surface area contributed by atoms with Gasteiger partial charge in [-0.25, -0.2) is 4.52 Å². The molecule has 0 atom stereocenters. The van der Waals surface area contributed by atoms with E-state index in [0.29, 0.717) is 34.1 Å². The summed E-state index contributed by atoms with van der Waals surface area (Å²) >= 11 is 0. The first kappa shape index (κ1) is 24.5. The van der Waals surface area contributed by atoms with E-state index in [1.54, 1.807) is 34.8 Å². The number of rotatable bonds is 6. The summed E-state index contributed by atoms with van der Waals surface area (Å²) in [6.45, 7) is 0. The molecule has 0 unspecified atom stereocenters. The van der Waals surface area contributed by atoms with Crippen molar-refractivity contribution < 1.29 is 18.0 Å². The molecule has 0 aliphatic rings. The first-order valence-electron chi connectivity index (χ1n) is 11.5. The second-order valence-corrected chi connectivity index (χ2v) is 8.44. The van der Waals surface area contributed by atoms with Gasteiger partial charge in [0, 0.05) is 17.4 Å². The van der Waals surface area contributed by atoms with Gasteiger partial charge in [0.1, 0.15) is 6.07 Å². The van der Waals surface area contributed by atoms with Crippen molar-refractivity contribution in [3.63, 3.8) is 0 Å². The van der Waals surface area contributed by atoms with E-state index in [1.165, 1.54) is 12.1 Å². The summed E-state index contributed by atoms with van der Waals surface area (Å²) in [5, 5.41) is 19.6. The average molecular weight is 512 g/mol. The van der Waals surface area contributed by atoms with E-state index < -0.39 is 11.7 Å². The number of nitriles is 1. The number of aromatic nitrogens is 3. The molecule has 0 spiro atoms. The average Bonchev–Trinajstić information content (AvgIpc) is 3.31. The van der Waals surface area contributed by atoms with Gasteiger partial charge in [-0.05, 0) is 59.7 Å². The second kappa shape index (κ2) is 10.1. The molecule has 0 aliphatic heterocycles. The van der Waals surface area contributed by atoms with Crippen LogP contribution in [0.15, 0.2) is 91.1 Å². The van der Waals surface area contributed by atoms with Gasteiger partial charge in [-0.2, -0.15) is 23.4 Å². The molecule has 1 amide bonds. The van der Waals surface area contributed by atoms with Crippen LogP contribution in [0.2, 0.25) is 0 Å². The van der Waals surface area contributed by atoms with Crippen molar-refractivity contribution in [2.24, 2.45) is 0 Å². The van der Waals surface area contributed by atoms with Crippen molar-refractivity contribution in [1.29, 1.82) is 5.26 Å². The van der Waals surface area contributed by atoms with E-state index in [-0.39, 0.29) is 12.3 Å². The molecular formula is C28H19F3N6O. The summed E-state index contributed by atoms with van der Waals surface area (Å²) in [6.07, 6.45) is -2.63. The fourth-order valence-electron chi connectivity index (χ4n) is 3.87. The van der Waals surface area contributed by atoms with E-state index in [9.17, 15) is 23.2 Å². The molecule has 2 N–H and O–H groups in total. The zero-order valence-electron chi connectivity index (χ0n) is 19.7. The lowest BCUT2D eigenvalue weighted by atomic mass is 10.1. The third-order valence-corrected chi connectivity index (χ3v) is 5.77. The van der Waals surface area contributed by atoms with Crippen molar-refractivity contribution in [3.8, 4) is 17.2 Å². The highest BCUT2D eigenvalue weighted by atomic mass is 19.4. The van der Waals surface area contributed by atoms with E-state index in [4.69, 9.17) is 0 Å². The quantitative estimate of drug-likeness (QED) is 0.282. The number of hydrogen-bond donors (Lipinski definition) is 2. The van der Waals surface area contributed by atoms with Crippen LogP contribution in [0.4, 0.5) is 30.5 Å². The minimum absolute atomic E-state index is 0.0436. The van der Waals surface area contributed by atoms with Crippen molar-refractivity contribution >= 4 is 28.9 Å². The summed E-state index contributed by atoms with van der Waals surface area (Å²) < 4.78 is 39.8. The number of nitrogens with one attached hydrogen (secondary N) is 2. The Kier molecular flexibility index (Phi) is 6.49. The minimum atomic E-state index is -4.41. The normalized spacial score (nSPS) is 11.2. The van der Waals surface area contributed by atoms with E-state index in [0.717, 1.165) is 23.3 Å². The van der Waals surface area contributed by atoms with E-state index in [1.807, 2.05) is 36.5 Å². The standard InChI is InChI=1S/C28H19F3N6O/c29-28(30,31)22-10-5-18(6-11-22)15-26(38)33-23-12-7-19(8-13-23)21-9-14-25-35-27(36-37(25)17-21)34-24-4-2-1-3-20(24)16-32/h1-14,17H,15H2,(H,33,38)(H,34,36). The molecule has 0 saturated heterocycles. The van der Waals surface area contributed by atoms with Gasteiger partial charge in [-0.3, -0.25) is 4.79 Å². The molecule has 0 bridgehead atoms. The van der Waals surface area contributed by atoms with Crippen LogP contribution < -0.4 is 10.6 Å². The maximum absolute atomic E-state index is 12.7. The summed E-state index contributed by atoms with van der Waals surface area (Å²) in [4.78, 5) is 16.8. The molecule has 38 heavy (non-hydrogen) atoms. The molecule has 188 valence electrons. The molecule has 2 aromatic heterocycles. The second-order valence-electron chi connectivity index (χ2n) is 8.44. The zero-order chi connectivity index (χ0) is 26.7. The number of pyridine rings is 1. The van der Waals surface area contributed by atoms with Gasteiger partial charge in [0.25, 0.3) is 0 Å². The van der Waals surface area contributed by atoms with Crippen molar-refractivity contribution in [3.05, 3.63) is 108 Å². The molecule has 0 radical (unpaired) electrons. The van der Waals surface area contributed by atoms with Gasteiger partial charge in [0.15, 0.2) is 5.65 Å². The minimum Gasteiger partial charge on any atom is -0.326 e. The Morgan fingerprint density at radius 3 is 2.34 bits per heavy atom. The number of carbonyl (C=O) groups is 1. The SMILES string of the molecule is N#Cc1ccccc1Nc1nc2ccc(-c3ccc(NC(=O)Cc4ccc(C(F)(F)F)cc4)cc3)cn2n1. The van der Waals surface area contributed by atoms with Crippen LogP contribution in [0.1, 0.15) is 16.7 Å². The number of nitrogens with zero attached hydrogens (tertiary/aromatic N) is 4. The molecule has 5 aromatic rings. The van der Waals surface area contributed by atoms with Crippen LogP contribution in [0.5, 0.6) is 0 Å². The van der Waals surface area contributed by atoms with Crippen molar-refractivity contribution in [1.82, 2.24) is 14.6 Å². The molecule has 0 aliphatic carbocycles. The number of hydrogen-bond acceptors (Lipinski definition) is 5. The first-order chi connectivity index (χ1) is 18.3. The number of amides is 1. The van der Waals surface area contributed by atoms with Gasteiger partial charge in [-0.15, -0.1) is 5.10 Å². The largest absolute Gasteiger partial charge is 0.416 e. The predicted molar refractivity (Wildman–Crippen MR) is 137 cm³/mol. The molecule has 2 heterocycles. The number of carbonyl (C=O) groups excluding carboxylic acids is 1. The Bertz CT molecular complexity index is 1650. The number of benzene rings is 3. The molecule has 0 fully saturated rings. The van der Waals surface area contributed by atoms with Gasteiger partial charge in [0.2, 0.25) is 11.9 Å². The topological polar surface area (TPSA) is 95.1 Å². The third kappa shape index (κ3) is 5.47. The highest BCUT2D eigenvalue weighted by molar-refractivity contribution is 5.92. The predicted octanol–water partition coefficient (Wildman–Crippen LogP) is 6.21. The molecular weight excluding hydrogens is 493 g/mol. The maximum atomic E-state index is 12.7. The Morgan fingerprint density at radius 1 is 0.921 bits per heavy atom. The maximum Gasteiger partial charge on any atom is 0.416 e. The van der Waals surface area contributed by atoms with Crippen LogP contribution in [-0.2, 0) is 17.4 Å². The summed E-state index contributed by atoms with van der Waals surface area (Å²) in [7, 11) is 0. The van der Waals surface area contributed by atoms with Gasteiger partial charge < -0.3 is 10.6 Å². The fourth-order valence-corrected chi connectivity index (χ4v) is 3.87. The molecule has 0 saturated carbocycles. The number of alkyl halides is 3. The van der Waals surface area contributed by atoms with Gasteiger partial charge in [0.05, 0.1) is 23.2 Å². The Labute approximate surface area is 215 Å². The Hall–Kier alpha value is -5.17. The highest BCUT2D eigenvalue weighted by Crippen LogP contribution is 2.29. The van der Waals surface area contributed by atoms with Crippen LogP contribution in [0.25, 0.3) is 16.8 Å². The van der Waals surface area contributed by atoms with Crippen LogP contribution in [0, 0.1) is 11.3 Å². The summed E-state index contributed by atoms with van der Waals surface area (Å²) in [5.41, 5.74) is 3.77. The monoisotopic (exact) mass is 512 g/mol. The first-order valence-corrected chi connectivity index (χ1v) is 11.5. The van der Waals surface area contributed by atoms with Gasteiger partial charge in [-0.1, -0.05) is 36.4 Å². The number of fused-ring (bicyclic) bond motifs is 1. The number of para-hydroxylation sites is 1. The van der Waals surface area contributed by atoms with Crippen LogP contribution in [-0.4, -0.2) is 20.5 Å². The lowest BCUT2D eigenvalue weighted by Gasteiger charge is -2.09.